The maximum atomic E-state index is 11.9. The highest BCUT2D eigenvalue weighted by atomic mass is 35.5. The van der Waals surface area contributed by atoms with Gasteiger partial charge in [0.2, 0.25) is 0 Å². The third-order valence-electron chi connectivity index (χ3n) is 1.79. The summed E-state index contributed by atoms with van der Waals surface area (Å²) < 4.78 is 60.3. The lowest BCUT2D eigenvalue weighted by atomic mass is 10.1. The summed E-state index contributed by atoms with van der Waals surface area (Å²) in [6, 6.07) is 5.17. The van der Waals surface area contributed by atoms with Crippen LogP contribution in [0.25, 0.3) is 0 Å². The number of hydrogen-bond acceptors (Lipinski definition) is 4. The van der Waals surface area contributed by atoms with E-state index in [0.29, 0.717) is 5.02 Å². The molecule has 0 aromatic heterocycles. The highest BCUT2D eigenvalue weighted by molar-refractivity contribution is 7.87. The van der Waals surface area contributed by atoms with Crippen LogP contribution in [0.3, 0.4) is 0 Å². The van der Waals surface area contributed by atoms with E-state index in [1.54, 1.807) is 0 Å². The second-order valence-corrected chi connectivity index (χ2v) is 5.14. The van der Waals surface area contributed by atoms with Gasteiger partial charge in [-0.25, -0.2) is 0 Å². The number of ketones is 1. The van der Waals surface area contributed by atoms with Gasteiger partial charge >= 0.3 is 15.6 Å². The first-order chi connectivity index (χ1) is 8.13. The number of Topliss-reactive ketones (excluding diaryl/α,β-unsaturated/α-hetero) is 1. The second kappa shape index (κ2) is 5.25. The Balaban J connectivity index is 2.71. The highest BCUT2D eigenvalue weighted by Gasteiger charge is 2.47. The van der Waals surface area contributed by atoms with Crippen LogP contribution in [0.5, 0.6) is 0 Å². The van der Waals surface area contributed by atoms with Gasteiger partial charge in [-0.2, -0.15) is 21.6 Å². The van der Waals surface area contributed by atoms with Gasteiger partial charge in [-0.15, -0.1) is 0 Å². The monoisotopic (exact) mass is 302 g/mol. The zero-order chi connectivity index (χ0) is 14.0. The fourth-order valence-corrected chi connectivity index (χ4v) is 1.44. The molecule has 0 aliphatic rings. The highest BCUT2D eigenvalue weighted by Crippen LogP contribution is 2.24. The number of alkyl halides is 3. The Hall–Kier alpha value is -1.12. The average Bonchev–Trinajstić information content (AvgIpc) is 2.25. The largest absolute Gasteiger partial charge is 0.523 e. The molecule has 0 amide bonds. The predicted octanol–water partition coefficient (Wildman–Crippen LogP) is 2.39. The Morgan fingerprint density at radius 3 is 2.17 bits per heavy atom. The zero-order valence-electron chi connectivity index (χ0n) is 8.57. The lowest BCUT2D eigenvalue weighted by Crippen LogP contribution is -2.27. The molecule has 0 fully saturated rings. The molecule has 4 nitrogen and oxygen atoms in total. The Bertz CT molecular complexity index is 536. The molecule has 0 atom stereocenters. The quantitative estimate of drug-likeness (QED) is 0.487. The average molecular weight is 303 g/mol. The molecule has 0 saturated carbocycles. The van der Waals surface area contributed by atoms with Crippen molar-refractivity contribution in [2.24, 2.45) is 0 Å². The minimum Gasteiger partial charge on any atom is -0.291 e. The molecule has 0 aliphatic heterocycles. The molecule has 1 rings (SSSR count). The predicted molar refractivity (Wildman–Crippen MR) is 56.7 cm³/mol. The molecular formula is C9H6ClF3O4S. The number of rotatable bonds is 4. The maximum Gasteiger partial charge on any atom is 0.523 e. The van der Waals surface area contributed by atoms with E-state index in [4.69, 9.17) is 11.6 Å². The van der Waals surface area contributed by atoms with Gasteiger partial charge in [0.15, 0.2) is 5.78 Å². The van der Waals surface area contributed by atoms with E-state index in [0.717, 1.165) is 0 Å². The molecular weight excluding hydrogens is 297 g/mol. The van der Waals surface area contributed by atoms with E-state index < -0.39 is 28.0 Å². The number of benzene rings is 1. The Morgan fingerprint density at radius 2 is 1.72 bits per heavy atom. The Labute approximate surface area is 105 Å². The van der Waals surface area contributed by atoms with Gasteiger partial charge in [-0.1, -0.05) is 11.6 Å². The van der Waals surface area contributed by atoms with Crippen molar-refractivity contribution in [3.63, 3.8) is 0 Å². The molecule has 18 heavy (non-hydrogen) atoms. The lowest BCUT2D eigenvalue weighted by Gasteiger charge is -2.07. The molecule has 0 spiro atoms. The summed E-state index contributed by atoms with van der Waals surface area (Å²) in [5.41, 5.74) is -5.55. The molecule has 0 unspecified atom stereocenters. The zero-order valence-corrected chi connectivity index (χ0v) is 10.1. The third-order valence-corrected chi connectivity index (χ3v) is 3.04. The van der Waals surface area contributed by atoms with E-state index in [9.17, 15) is 26.4 Å². The van der Waals surface area contributed by atoms with Crippen molar-refractivity contribution in [2.45, 2.75) is 5.51 Å². The summed E-state index contributed by atoms with van der Waals surface area (Å²) in [5.74, 6) is -0.903. The topological polar surface area (TPSA) is 60.4 Å². The molecule has 0 radical (unpaired) electrons. The van der Waals surface area contributed by atoms with Gasteiger partial charge in [0.25, 0.3) is 0 Å². The summed E-state index contributed by atoms with van der Waals surface area (Å²) in [6.07, 6.45) is 0. The number of carbonyl (C=O) groups excluding carboxylic acids is 1. The third kappa shape index (κ3) is 3.69. The van der Waals surface area contributed by atoms with Crippen molar-refractivity contribution in [1.82, 2.24) is 0 Å². The van der Waals surface area contributed by atoms with Crippen molar-refractivity contribution in [1.29, 1.82) is 0 Å². The molecule has 1 aromatic rings. The van der Waals surface area contributed by atoms with Crippen LogP contribution >= 0.6 is 11.6 Å². The molecule has 0 bridgehead atoms. The van der Waals surface area contributed by atoms with Crippen molar-refractivity contribution in [3.8, 4) is 0 Å². The summed E-state index contributed by atoms with van der Waals surface area (Å²) in [7, 11) is -5.76. The van der Waals surface area contributed by atoms with Crippen LogP contribution < -0.4 is 0 Å². The molecule has 0 N–H and O–H groups in total. The first-order valence-corrected chi connectivity index (χ1v) is 6.16. The van der Waals surface area contributed by atoms with Gasteiger partial charge in [-0.05, 0) is 24.3 Å². The summed E-state index contributed by atoms with van der Waals surface area (Å²) in [5, 5.41) is 0.329. The first kappa shape index (κ1) is 14.9. The minimum absolute atomic E-state index is 0.00299. The van der Waals surface area contributed by atoms with Crippen LogP contribution in [0.4, 0.5) is 13.2 Å². The first-order valence-electron chi connectivity index (χ1n) is 4.38. The maximum absolute atomic E-state index is 11.9. The number of halogens is 4. The summed E-state index contributed by atoms with van der Waals surface area (Å²) >= 11 is 5.54. The molecule has 100 valence electrons. The van der Waals surface area contributed by atoms with Crippen molar-refractivity contribution >= 4 is 27.5 Å². The van der Waals surface area contributed by atoms with Crippen LogP contribution in [0.1, 0.15) is 10.4 Å². The number of carbonyl (C=O) groups is 1. The van der Waals surface area contributed by atoms with E-state index in [1.807, 2.05) is 0 Å². The van der Waals surface area contributed by atoms with Crippen LogP contribution in [0.2, 0.25) is 5.02 Å². The van der Waals surface area contributed by atoms with Crippen LogP contribution in [-0.4, -0.2) is 26.3 Å². The van der Waals surface area contributed by atoms with Gasteiger partial charge < -0.3 is 0 Å². The molecule has 0 heterocycles. The lowest BCUT2D eigenvalue weighted by molar-refractivity contribution is -0.0536. The molecule has 9 heteroatoms. The van der Waals surface area contributed by atoms with Gasteiger partial charge in [0, 0.05) is 10.6 Å². The van der Waals surface area contributed by atoms with Crippen molar-refractivity contribution < 1.29 is 30.6 Å². The molecule has 0 aliphatic carbocycles. The normalized spacial score (nSPS) is 12.4. The van der Waals surface area contributed by atoms with Gasteiger partial charge in [0.1, 0.15) is 6.61 Å². The van der Waals surface area contributed by atoms with Crippen molar-refractivity contribution in [2.75, 3.05) is 6.61 Å². The van der Waals surface area contributed by atoms with E-state index >= 15 is 0 Å². The Kier molecular flexibility index (Phi) is 4.36. The Morgan fingerprint density at radius 1 is 1.22 bits per heavy atom. The van der Waals surface area contributed by atoms with E-state index in [2.05, 4.69) is 4.18 Å². The SMILES string of the molecule is O=C(COS(=O)(=O)C(F)(F)F)c1ccc(Cl)cc1. The molecule has 0 saturated heterocycles. The van der Waals surface area contributed by atoms with E-state index in [1.165, 1.54) is 24.3 Å². The molecule has 1 aromatic carbocycles. The van der Waals surface area contributed by atoms with Crippen LogP contribution in [-0.2, 0) is 14.3 Å². The second-order valence-electron chi connectivity index (χ2n) is 3.09. The van der Waals surface area contributed by atoms with Crippen LogP contribution in [0.15, 0.2) is 24.3 Å². The summed E-state index contributed by atoms with van der Waals surface area (Å²) in [6.45, 7) is -1.22. The van der Waals surface area contributed by atoms with Gasteiger partial charge in [0.05, 0.1) is 0 Å². The summed E-state index contributed by atoms with van der Waals surface area (Å²) in [4.78, 5) is 11.3. The van der Waals surface area contributed by atoms with E-state index in [-0.39, 0.29) is 5.56 Å². The van der Waals surface area contributed by atoms with Crippen LogP contribution in [0, 0.1) is 0 Å². The van der Waals surface area contributed by atoms with Crippen molar-refractivity contribution in [3.05, 3.63) is 34.9 Å². The van der Waals surface area contributed by atoms with Gasteiger partial charge in [-0.3, -0.25) is 8.98 Å². The standard InChI is InChI=1S/C9H6ClF3O4S/c10-7-3-1-6(2-4-7)8(14)5-17-18(15,16)9(11,12)13/h1-4H,5H2. The fraction of sp³-hybridized carbons (Fsp3) is 0.222. The number of hydrogen-bond donors (Lipinski definition) is 0. The fourth-order valence-electron chi connectivity index (χ4n) is 0.917. The minimum atomic E-state index is -5.76. The smallest absolute Gasteiger partial charge is 0.291 e.